The highest BCUT2D eigenvalue weighted by molar-refractivity contribution is 6.29. The van der Waals surface area contributed by atoms with Crippen molar-refractivity contribution in [2.75, 3.05) is 7.05 Å². The molecule has 0 fully saturated rings. The Morgan fingerprint density at radius 2 is 1.91 bits per heavy atom. The van der Waals surface area contributed by atoms with Crippen LogP contribution in [0.25, 0.3) is 0 Å². The van der Waals surface area contributed by atoms with E-state index in [2.05, 4.69) is 5.32 Å². The van der Waals surface area contributed by atoms with Crippen molar-refractivity contribution in [3.8, 4) is 0 Å². The molecule has 0 spiro atoms. The molecule has 0 bridgehead atoms. The van der Waals surface area contributed by atoms with E-state index in [0.29, 0.717) is 0 Å². The maximum Gasteiger partial charge on any atom is 0.131 e. The van der Waals surface area contributed by atoms with Gasteiger partial charge in [0.2, 0.25) is 0 Å². The Balaban J connectivity index is 4.39. The van der Waals surface area contributed by atoms with Crippen LogP contribution in [0.2, 0.25) is 0 Å². The zero-order valence-electron chi connectivity index (χ0n) is 7.41. The highest BCUT2D eigenvalue weighted by atomic mass is 35.5. The first kappa shape index (κ1) is 10.9. The number of hydrogen-bond donors (Lipinski definition) is 1. The molecular weight excluding hydrogens is 165 g/mol. The second-order valence-corrected chi connectivity index (χ2v) is 3.46. The molecule has 1 nitrogen and oxygen atoms in total. The van der Waals surface area contributed by atoms with Crippen LogP contribution in [-0.4, -0.2) is 13.1 Å². The molecule has 0 heterocycles. The fourth-order valence-corrected chi connectivity index (χ4v) is 1.08. The molecule has 0 saturated carbocycles. The lowest BCUT2D eigenvalue weighted by atomic mass is 10.0. The molecule has 0 aromatic carbocycles. The minimum Gasteiger partial charge on any atom is -0.311 e. The van der Waals surface area contributed by atoms with Gasteiger partial charge < -0.3 is 5.32 Å². The predicted octanol–water partition coefficient (Wildman–Crippen LogP) is 2.67. The van der Waals surface area contributed by atoms with Crippen molar-refractivity contribution in [3.05, 3.63) is 10.9 Å². The van der Waals surface area contributed by atoms with Crippen LogP contribution in [0.1, 0.15) is 20.8 Å². The van der Waals surface area contributed by atoms with Gasteiger partial charge >= 0.3 is 0 Å². The van der Waals surface area contributed by atoms with Crippen LogP contribution in [0.5, 0.6) is 0 Å². The molecule has 66 valence electrons. The molecule has 0 aromatic rings. The average Bonchev–Trinajstić information content (AvgIpc) is 1.88. The maximum atomic E-state index is 13.1. The van der Waals surface area contributed by atoms with E-state index >= 15 is 0 Å². The molecule has 0 aliphatic carbocycles. The molecule has 0 radical (unpaired) electrons. The lowest BCUT2D eigenvalue weighted by molar-refractivity contribution is 0.400. The predicted molar refractivity (Wildman–Crippen MR) is 47.3 cm³/mol. The molecule has 3 heteroatoms. The third-order valence-corrected chi connectivity index (χ3v) is 1.76. The van der Waals surface area contributed by atoms with Crippen LogP contribution < -0.4 is 5.32 Å². The van der Waals surface area contributed by atoms with Crippen LogP contribution in [0.3, 0.4) is 0 Å². The Bertz CT molecular complexity index is 150. The standard InChI is InChI=1S/C8H15ClFN/c1-5(2)8(11-4)7(10)6(3)9/h5,8,11H,1-4H3/b7-6-. The summed E-state index contributed by atoms with van der Waals surface area (Å²) in [5.74, 6) is -0.0436. The summed E-state index contributed by atoms with van der Waals surface area (Å²) in [4.78, 5) is 0. The Morgan fingerprint density at radius 1 is 1.45 bits per heavy atom. The van der Waals surface area contributed by atoms with Crippen LogP contribution in [0.4, 0.5) is 4.39 Å². The van der Waals surface area contributed by atoms with E-state index in [1.54, 1.807) is 14.0 Å². The summed E-state index contributed by atoms with van der Waals surface area (Å²) in [7, 11) is 1.73. The zero-order chi connectivity index (χ0) is 9.02. The first-order valence-electron chi connectivity index (χ1n) is 3.69. The first-order chi connectivity index (χ1) is 5.00. The summed E-state index contributed by atoms with van der Waals surface area (Å²) in [6, 6.07) is -0.257. The van der Waals surface area contributed by atoms with E-state index in [9.17, 15) is 4.39 Å². The number of halogens is 2. The van der Waals surface area contributed by atoms with Crippen molar-refractivity contribution in [3.63, 3.8) is 0 Å². The number of likely N-dealkylation sites (N-methyl/N-ethyl adjacent to an activating group) is 1. The summed E-state index contributed by atoms with van der Waals surface area (Å²) in [5, 5.41) is 3.10. The summed E-state index contributed by atoms with van der Waals surface area (Å²) in [6.07, 6.45) is 0. The van der Waals surface area contributed by atoms with Crippen molar-refractivity contribution in [1.29, 1.82) is 0 Å². The Hall–Kier alpha value is -0.0800. The van der Waals surface area contributed by atoms with E-state index < -0.39 is 0 Å². The van der Waals surface area contributed by atoms with Crippen molar-refractivity contribution in [2.24, 2.45) is 5.92 Å². The molecule has 1 atom stereocenters. The zero-order valence-corrected chi connectivity index (χ0v) is 8.17. The number of allylic oxidation sites excluding steroid dienone is 1. The lowest BCUT2D eigenvalue weighted by Gasteiger charge is -2.18. The molecule has 0 saturated heterocycles. The lowest BCUT2D eigenvalue weighted by Crippen LogP contribution is -2.31. The van der Waals surface area contributed by atoms with Gasteiger partial charge in [0.15, 0.2) is 0 Å². The number of hydrogen-bond acceptors (Lipinski definition) is 1. The summed E-state index contributed by atoms with van der Waals surface area (Å²) < 4.78 is 13.1. The van der Waals surface area contributed by atoms with E-state index in [1.807, 2.05) is 13.8 Å². The van der Waals surface area contributed by atoms with Crippen LogP contribution in [0, 0.1) is 5.92 Å². The fraction of sp³-hybridized carbons (Fsp3) is 0.750. The van der Waals surface area contributed by atoms with E-state index in [-0.39, 0.29) is 22.8 Å². The van der Waals surface area contributed by atoms with Gasteiger partial charge in [0, 0.05) is 5.03 Å². The van der Waals surface area contributed by atoms with Crippen molar-refractivity contribution < 1.29 is 4.39 Å². The first-order valence-corrected chi connectivity index (χ1v) is 4.07. The highest BCUT2D eigenvalue weighted by Gasteiger charge is 2.17. The second kappa shape index (κ2) is 4.73. The molecule has 11 heavy (non-hydrogen) atoms. The van der Waals surface area contributed by atoms with Gasteiger partial charge in [-0.25, -0.2) is 4.39 Å². The summed E-state index contributed by atoms with van der Waals surface area (Å²) in [5.41, 5.74) is 0. The molecule has 0 aliphatic rings. The number of rotatable bonds is 3. The SMILES string of the molecule is CNC(/C(F)=C(\C)Cl)C(C)C. The molecule has 0 rings (SSSR count). The second-order valence-electron chi connectivity index (χ2n) is 2.89. The minimum absolute atomic E-state index is 0.216. The van der Waals surface area contributed by atoms with Crippen LogP contribution >= 0.6 is 11.6 Å². The van der Waals surface area contributed by atoms with Gasteiger partial charge in [-0.15, -0.1) is 0 Å². The fourth-order valence-electron chi connectivity index (χ4n) is 0.967. The third-order valence-electron chi connectivity index (χ3n) is 1.58. The summed E-state index contributed by atoms with van der Waals surface area (Å²) >= 11 is 5.51. The van der Waals surface area contributed by atoms with Gasteiger partial charge in [0.1, 0.15) is 5.83 Å². The normalized spacial score (nSPS) is 16.6. The molecule has 0 aromatic heterocycles. The van der Waals surface area contributed by atoms with Gasteiger partial charge in [0.05, 0.1) is 6.04 Å². The monoisotopic (exact) mass is 179 g/mol. The van der Waals surface area contributed by atoms with Crippen LogP contribution in [-0.2, 0) is 0 Å². The van der Waals surface area contributed by atoms with Gasteiger partial charge in [-0.2, -0.15) is 0 Å². The van der Waals surface area contributed by atoms with Gasteiger partial charge in [-0.1, -0.05) is 25.4 Å². The third kappa shape index (κ3) is 3.21. The molecule has 0 amide bonds. The molecule has 0 aliphatic heterocycles. The molecule has 1 unspecified atom stereocenters. The topological polar surface area (TPSA) is 12.0 Å². The van der Waals surface area contributed by atoms with Gasteiger partial charge in [-0.05, 0) is 19.9 Å². The van der Waals surface area contributed by atoms with E-state index in [1.165, 1.54) is 0 Å². The maximum absolute atomic E-state index is 13.1. The quantitative estimate of drug-likeness (QED) is 0.703. The molecular formula is C8H15ClFN. The van der Waals surface area contributed by atoms with E-state index in [0.717, 1.165) is 0 Å². The van der Waals surface area contributed by atoms with Gasteiger partial charge in [-0.3, -0.25) is 0 Å². The largest absolute Gasteiger partial charge is 0.311 e. The number of nitrogens with one attached hydrogen (secondary N) is 1. The summed E-state index contributed by atoms with van der Waals surface area (Å²) in [6.45, 7) is 5.45. The van der Waals surface area contributed by atoms with E-state index in [4.69, 9.17) is 11.6 Å². The van der Waals surface area contributed by atoms with Crippen molar-refractivity contribution in [2.45, 2.75) is 26.8 Å². The Kier molecular flexibility index (Phi) is 4.69. The Labute approximate surface area is 72.6 Å². The average molecular weight is 180 g/mol. The van der Waals surface area contributed by atoms with Crippen LogP contribution in [0.15, 0.2) is 10.9 Å². The highest BCUT2D eigenvalue weighted by Crippen LogP contribution is 2.18. The van der Waals surface area contributed by atoms with Crippen molar-refractivity contribution >= 4 is 11.6 Å². The van der Waals surface area contributed by atoms with Gasteiger partial charge in [0.25, 0.3) is 0 Å². The smallest absolute Gasteiger partial charge is 0.131 e. The Morgan fingerprint density at radius 3 is 2.00 bits per heavy atom. The van der Waals surface area contributed by atoms with Crippen molar-refractivity contribution in [1.82, 2.24) is 5.32 Å². The molecule has 1 N–H and O–H groups in total. The minimum atomic E-state index is -0.260.